The number of hydrogen-bond donors (Lipinski definition) is 2. The van der Waals surface area contributed by atoms with Crippen LogP contribution in [-0.4, -0.2) is 32.8 Å². The molecule has 3 nitrogen and oxygen atoms in total. The van der Waals surface area contributed by atoms with E-state index < -0.39 is 0 Å². The Morgan fingerprint density at radius 3 is 2.54 bits per heavy atom. The van der Waals surface area contributed by atoms with Crippen molar-refractivity contribution in [1.82, 2.24) is 5.32 Å². The first-order valence-electron chi connectivity index (χ1n) is 5.13. The average Bonchev–Trinajstić information content (AvgIpc) is 2.05. The molecule has 0 saturated heterocycles. The summed E-state index contributed by atoms with van der Waals surface area (Å²) in [5, 5.41) is 3.44. The van der Waals surface area contributed by atoms with Crippen LogP contribution in [0, 0.1) is 5.92 Å². The van der Waals surface area contributed by atoms with Crippen molar-refractivity contribution in [3.05, 3.63) is 0 Å². The Hall–Kier alpha value is -0.120. The van der Waals surface area contributed by atoms with E-state index in [-0.39, 0.29) is 0 Å². The van der Waals surface area contributed by atoms with E-state index in [0.717, 1.165) is 26.1 Å². The van der Waals surface area contributed by atoms with Crippen molar-refractivity contribution in [1.29, 1.82) is 0 Å². The molecular formula is C10H24N2O. The zero-order valence-electron chi connectivity index (χ0n) is 9.18. The lowest BCUT2D eigenvalue weighted by atomic mass is 10.1. The molecule has 0 bridgehead atoms. The van der Waals surface area contributed by atoms with Gasteiger partial charge in [0.15, 0.2) is 0 Å². The molecule has 0 aliphatic carbocycles. The van der Waals surface area contributed by atoms with E-state index in [9.17, 15) is 0 Å². The SMILES string of the molecule is COCC(C)CCNC(C)CCN. The van der Waals surface area contributed by atoms with Gasteiger partial charge in [0.05, 0.1) is 0 Å². The third kappa shape index (κ3) is 8.22. The van der Waals surface area contributed by atoms with Gasteiger partial charge in [-0.15, -0.1) is 0 Å². The topological polar surface area (TPSA) is 47.3 Å². The molecule has 0 fully saturated rings. The molecule has 0 aromatic carbocycles. The van der Waals surface area contributed by atoms with Gasteiger partial charge in [-0.2, -0.15) is 0 Å². The molecule has 0 aliphatic heterocycles. The van der Waals surface area contributed by atoms with Crippen molar-refractivity contribution in [2.24, 2.45) is 11.7 Å². The number of nitrogens with one attached hydrogen (secondary N) is 1. The van der Waals surface area contributed by atoms with E-state index in [2.05, 4.69) is 19.2 Å². The van der Waals surface area contributed by atoms with E-state index in [1.165, 1.54) is 6.42 Å². The summed E-state index contributed by atoms with van der Waals surface area (Å²) in [6.07, 6.45) is 2.22. The summed E-state index contributed by atoms with van der Waals surface area (Å²) in [5.74, 6) is 0.641. The second kappa shape index (κ2) is 8.48. The Bertz CT molecular complexity index is 97.1. The summed E-state index contributed by atoms with van der Waals surface area (Å²) in [4.78, 5) is 0. The lowest BCUT2D eigenvalue weighted by molar-refractivity contribution is 0.155. The average molecular weight is 188 g/mol. The van der Waals surface area contributed by atoms with Crippen LogP contribution in [0.25, 0.3) is 0 Å². The minimum absolute atomic E-state index is 0.541. The van der Waals surface area contributed by atoms with Crippen molar-refractivity contribution < 1.29 is 4.74 Å². The van der Waals surface area contributed by atoms with Crippen molar-refractivity contribution in [2.45, 2.75) is 32.7 Å². The third-order valence-corrected chi connectivity index (χ3v) is 2.18. The summed E-state index contributed by atoms with van der Waals surface area (Å²) in [6, 6.07) is 0.541. The molecule has 0 saturated carbocycles. The van der Waals surface area contributed by atoms with Gasteiger partial charge in [0.2, 0.25) is 0 Å². The van der Waals surface area contributed by atoms with Crippen LogP contribution in [0.5, 0.6) is 0 Å². The number of rotatable bonds is 8. The smallest absolute Gasteiger partial charge is 0.0488 e. The monoisotopic (exact) mass is 188 g/mol. The summed E-state index contributed by atoms with van der Waals surface area (Å²) >= 11 is 0. The zero-order chi connectivity index (χ0) is 10.1. The predicted molar refractivity (Wildman–Crippen MR) is 56.8 cm³/mol. The van der Waals surface area contributed by atoms with E-state index in [0.29, 0.717) is 12.0 Å². The number of nitrogens with two attached hydrogens (primary N) is 1. The van der Waals surface area contributed by atoms with Gasteiger partial charge in [0.1, 0.15) is 0 Å². The Labute approximate surface area is 82.0 Å². The highest BCUT2D eigenvalue weighted by Gasteiger charge is 2.02. The molecule has 0 aliphatic rings. The normalized spacial score (nSPS) is 15.7. The molecule has 0 rings (SSSR count). The van der Waals surface area contributed by atoms with Crippen LogP contribution in [0.15, 0.2) is 0 Å². The maximum Gasteiger partial charge on any atom is 0.0488 e. The first-order valence-corrected chi connectivity index (χ1v) is 5.13. The molecule has 2 unspecified atom stereocenters. The summed E-state index contributed by atoms with van der Waals surface area (Å²) in [7, 11) is 1.75. The molecule has 0 heterocycles. The molecule has 0 radical (unpaired) electrons. The fourth-order valence-electron chi connectivity index (χ4n) is 1.30. The lowest BCUT2D eigenvalue weighted by Gasteiger charge is -2.15. The molecule has 3 N–H and O–H groups in total. The summed E-state index contributed by atoms with van der Waals surface area (Å²) in [6.45, 7) is 7.06. The summed E-state index contributed by atoms with van der Waals surface area (Å²) in [5.41, 5.74) is 5.45. The van der Waals surface area contributed by atoms with Gasteiger partial charge in [0, 0.05) is 19.8 Å². The van der Waals surface area contributed by atoms with Crippen LogP contribution in [0.2, 0.25) is 0 Å². The Balaban J connectivity index is 3.23. The van der Waals surface area contributed by atoms with Crippen molar-refractivity contribution in [2.75, 3.05) is 26.8 Å². The van der Waals surface area contributed by atoms with Crippen molar-refractivity contribution in [3.8, 4) is 0 Å². The van der Waals surface area contributed by atoms with Gasteiger partial charge in [-0.3, -0.25) is 0 Å². The van der Waals surface area contributed by atoms with E-state index in [1.54, 1.807) is 7.11 Å². The second-order valence-corrected chi connectivity index (χ2v) is 3.78. The Morgan fingerprint density at radius 1 is 1.31 bits per heavy atom. The fraction of sp³-hybridized carbons (Fsp3) is 1.00. The molecule has 80 valence electrons. The Kier molecular flexibility index (Phi) is 8.40. The van der Waals surface area contributed by atoms with Gasteiger partial charge < -0.3 is 15.8 Å². The lowest BCUT2D eigenvalue weighted by Crippen LogP contribution is -2.30. The van der Waals surface area contributed by atoms with Gasteiger partial charge >= 0.3 is 0 Å². The maximum absolute atomic E-state index is 5.45. The second-order valence-electron chi connectivity index (χ2n) is 3.78. The number of ether oxygens (including phenoxy) is 1. The van der Waals surface area contributed by atoms with Crippen LogP contribution < -0.4 is 11.1 Å². The molecule has 0 amide bonds. The minimum atomic E-state index is 0.541. The molecule has 0 spiro atoms. The first-order chi connectivity index (χ1) is 6.20. The quantitative estimate of drug-likeness (QED) is 0.597. The highest BCUT2D eigenvalue weighted by molar-refractivity contribution is 4.62. The zero-order valence-corrected chi connectivity index (χ0v) is 9.18. The maximum atomic E-state index is 5.45. The number of methoxy groups -OCH3 is 1. The minimum Gasteiger partial charge on any atom is -0.384 e. The van der Waals surface area contributed by atoms with Crippen LogP contribution in [0.1, 0.15) is 26.7 Å². The van der Waals surface area contributed by atoms with Crippen molar-refractivity contribution in [3.63, 3.8) is 0 Å². The highest BCUT2D eigenvalue weighted by Crippen LogP contribution is 2.00. The predicted octanol–water partition coefficient (Wildman–Crippen LogP) is 0.986. The van der Waals surface area contributed by atoms with E-state index in [1.807, 2.05) is 0 Å². The van der Waals surface area contributed by atoms with Crippen LogP contribution in [-0.2, 0) is 4.74 Å². The van der Waals surface area contributed by atoms with Gasteiger partial charge in [0.25, 0.3) is 0 Å². The standard InChI is InChI=1S/C10H24N2O/c1-9(8-13-3)5-7-12-10(2)4-6-11/h9-10,12H,4-8,11H2,1-3H3. The summed E-state index contributed by atoms with van der Waals surface area (Å²) < 4.78 is 5.06. The molecular weight excluding hydrogens is 164 g/mol. The van der Waals surface area contributed by atoms with E-state index in [4.69, 9.17) is 10.5 Å². The number of hydrogen-bond acceptors (Lipinski definition) is 3. The van der Waals surface area contributed by atoms with Crippen LogP contribution in [0.4, 0.5) is 0 Å². The van der Waals surface area contributed by atoms with Crippen LogP contribution in [0.3, 0.4) is 0 Å². The van der Waals surface area contributed by atoms with Crippen LogP contribution >= 0.6 is 0 Å². The Morgan fingerprint density at radius 2 is 2.00 bits per heavy atom. The first kappa shape index (κ1) is 12.9. The van der Waals surface area contributed by atoms with Gasteiger partial charge in [-0.1, -0.05) is 6.92 Å². The molecule has 2 atom stereocenters. The third-order valence-electron chi connectivity index (χ3n) is 2.18. The highest BCUT2D eigenvalue weighted by atomic mass is 16.5. The molecule has 13 heavy (non-hydrogen) atoms. The molecule has 3 heteroatoms. The largest absolute Gasteiger partial charge is 0.384 e. The van der Waals surface area contributed by atoms with Crippen molar-refractivity contribution >= 4 is 0 Å². The van der Waals surface area contributed by atoms with E-state index >= 15 is 0 Å². The molecule has 0 aromatic heterocycles. The van der Waals surface area contributed by atoms with Gasteiger partial charge in [-0.05, 0) is 38.8 Å². The fourth-order valence-corrected chi connectivity index (χ4v) is 1.30. The van der Waals surface area contributed by atoms with Gasteiger partial charge in [-0.25, -0.2) is 0 Å². The molecule has 0 aromatic rings.